The van der Waals surface area contributed by atoms with Crippen LogP contribution < -0.4 is 5.32 Å². The van der Waals surface area contributed by atoms with Crippen LogP contribution in [0.1, 0.15) is 39.2 Å². The van der Waals surface area contributed by atoms with E-state index in [2.05, 4.69) is 5.32 Å². The largest absolute Gasteiger partial charge is 0.480 e. The first-order valence-corrected chi connectivity index (χ1v) is 7.54. The second-order valence-electron chi connectivity index (χ2n) is 6.23. The number of carboxylic acid groups (broad SMARTS) is 1. The summed E-state index contributed by atoms with van der Waals surface area (Å²) in [7, 11) is 0. The molecule has 0 bridgehead atoms. The molecule has 0 heterocycles. The number of carbonyl (C=O) groups is 2. The molecule has 0 fully saturated rings. The van der Waals surface area contributed by atoms with Gasteiger partial charge in [0.25, 0.3) is 0 Å². The molecule has 1 rings (SSSR count). The first-order chi connectivity index (χ1) is 10.3. The van der Waals surface area contributed by atoms with Gasteiger partial charge in [-0.3, -0.25) is 4.79 Å². The van der Waals surface area contributed by atoms with Crippen LogP contribution in [0.15, 0.2) is 24.3 Å². The monoisotopic (exact) mass is 309 g/mol. The fraction of sp³-hybridized carbons (Fsp3) is 0.529. The van der Waals surface area contributed by atoms with Crippen LogP contribution in [0.5, 0.6) is 0 Å². The van der Waals surface area contributed by atoms with Gasteiger partial charge >= 0.3 is 5.97 Å². The summed E-state index contributed by atoms with van der Waals surface area (Å²) in [5.74, 6) is -1.39. The number of nitrogens with one attached hydrogen (secondary N) is 1. The number of carboxylic acids is 1. The molecule has 0 aromatic heterocycles. The molecule has 122 valence electrons. The van der Waals surface area contributed by atoms with Gasteiger partial charge < -0.3 is 10.4 Å². The lowest BCUT2D eigenvalue weighted by atomic mass is 9.97. The molecular formula is C17H24FNO3. The minimum absolute atomic E-state index is 0.00953. The summed E-state index contributed by atoms with van der Waals surface area (Å²) >= 11 is 0. The second-order valence-corrected chi connectivity index (χ2v) is 6.23. The van der Waals surface area contributed by atoms with Crippen LogP contribution in [0.25, 0.3) is 0 Å². The zero-order valence-electron chi connectivity index (χ0n) is 13.3. The van der Waals surface area contributed by atoms with Crippen molar-refractivity contribution < 1.29 is 19.1 Å². The molecule has 1 aromatic carbocycles. The molecule has 1 aromatic rings. The van der Waals surface area contributed by atoms with Gasteiger partial charge in [0, 0.05) is 6.42 Å². The van der Waals surface area contributed by atoms with Crippen LogP contribution in [0, 0.1) is 17.7 Å². The van der Waals surface area contributed by atoms with E-state index in [-0.39, 0.29) is 30.0 Å². The molecule has 2 N–H and O–H groups in total. The summed E-state index contributed by atoms with van der Waals surface area (Å²) in [6.45, 7) is 5.71. The molecule has 0 spiro atoms. The predicted molar refractivity (Wildman–Crippen MR) is 82.9 cm³/mol. The van der Waals surface area contributed by atoms with E-state index in [1.165, 1.54) is 12.1 Å². The molecule has 2 atom stereocenters. The predicted octanol–water partition coefficient (Wildman–Crippen LogP) is 3.01. The van der Waals surface area contributed by atoms with E-state index in [0.29, 0.717) is 12.8 Å². The number of halogens is 1. The average Bonchev–Trinajstić information content (AvgIpc) is 2.36. The molecule has 0 aliphatic carbocycles. The molecule has 2 unspecified atom stereocenters. The van der Waals surface area contributed by atoms with E-state index < -0.39 is 12.0 Å². The third kappa shape index (κ3) is 6.70. The SMILES string of the molecule is CC(C)CC(NC(=O)CC(C)Cc1cccc(F)c1)C(=O)O. The van der Waals surface area contributed by atoms with Crippen molar-refractivity contribution in [3.8, 4) is 0 Å². The van der Waals surface area contributed by atoms with Crippen molar-refractivity contribution in [2.75, 3.05) is 0 Å². The number of hydrogen-bond acceptors (Lipinski definition) is 2. The highest BCUT2D eigenvalue weighted by molar-refractivity contribution is 5.83. The zero-order chi connectivity index (χ0) is 16.7. The zero-order valence-corrected chi connectivity index (χ0v) is 13.3. The minimum atomic E-state index is -1.01. The van der Waals surface area contributed by atoms with Crippen LogP contribution in [0.4, 0.5) is 4.39 Å². The van der Waals surface area contributed by atoms with Crippen LogP contribution in [0.3, 0.4) is 0 Å². The van der Waals surface area contributed by atoms with Gasteiger partial charge in [-0.1, -0.05) is 32.9 Å². The highest BCUT2D eigenvalue weighted by Gasteiger charge is 2.21. The summed E-state index contributed by atoms with van der Waals surface area (Å²) in [5.41, 5.74) is 0.831. The van der Waals surface area contributed by atoms with Crippen molar-refractivity contribution in [3.63, 3.8) is 0 Å². The maximum absolute atomic E-state index is 13.1. The van der Waals surface area contributed by atoms with Gasteiger partial charge in [-0.15, -0.1) is 0 Å². The highest BCUT2D eigenvalue weighted by Crippen LogP contribution is 2.13. The van der Waals surface area contributed by atoms with Crippen molar-refractivity contribution in [1.29, 1.82) is 0 Å². The van der Waals surface area contributed by atoms with Crippen molar-refractivity contribution in [2.24, 2.45) is 11.8 Å². The fourth-order valence-electron chi connectivity index (χ4n) is 2.40. The maximum Gasteiger partial charge on any atom is 0.326 e. The average molecular weight is 309 g/mol. The molecule has 5 heteroatoms. The fourth-order valence-corrected chi connectivity index (χ4v) is 2.40. The van der Waals surface area contributed by atoms with E-state index in [1.807, 2.05) is 26.8 Å². The van der Waals surface area contributed by atoms with Crippen LogP contribution in [0.2, 0.25) is 0 Å². The molecule has 1 amide bonds. The first-order valence-electron chi connectivity index (χ1n) is 7.54. The summed E-state index contributed by atoms with van der Waals surface area (Å²) < 4.78 is 13.1. The van der Waals surface area contributed by atoms with Gasteiger partial charge in [0.05, 0.1) is 0 Å². The number of carbonyl (C=O) groups excluding carboxylic acids is 1. The van der Waals surface area contributed by atoms with Crippen LogP contribution >= 0.6 is 0 Å². The van der Waals surface area contributed by atoms with Crippen molar-refractivity contribution in [2.45, 2.75) is 46.1 Å². The Balaban J connectivity index is 2.50. The number of benzene rings is 1. The molecule has 0 aliphatic heterocycles. The Hall–Kier alpha value is -1.91. The van der Waals surface area contributed by atoms with Gasteiger partial charge in [0.15, 0.2) is 0 Å². The smallest absolute Gasteiger partial charge is 0.326 e. The Morgan fingerprint density at radius 1 is 1.27 bits per heavy atom. The Morgan fingerprint density at radius 2 is 1.95 bits per heavy atom. The van der Waals surface area contributed by atoms with Gasteiger partial charge in [-0.2, -0.15) is 0 Å². The van der Waals surface area contributed by atoms with E-state index in [0.717, 1.165) is 5.56 Å². The third-order valence-electron chi connectivity index (χ3n) is 3.35. The van der Waals surface area contributed by atoms with Gasteiger partial charge in [-0.25, -0.2) is 9.18 Å². The third-order valence-corrected chi connectivity index (χ3v) is 3.35. The number of amides is 1. The van der Waals surface area contributed by atoms with Crippen LogP contribution in [-0.2, 0) is 16.0 Å². The molecular weight excluding hydrogens is 285 g/mol. The van der Waals surface area contributed by atoms with E-state index >= 15 is 0 Å². The molecule has 22 heavy (non-hydrogen) atoms. The molecule has 0 saturated carbocycles. The summed E-state index contributed by atoms with van der Waals surface area (Å²) in [6, 6.07) is 5.43. The lowest BCUT2D eigenvalue weighted by Gasteiger charge is -2.18. The van der Waals surface area contributed by atoms with Gasteiger partial charge in [0.2, 0.25) is 5.91 Å². The lowest BCUT2D eigenvalue weighted by molar-refractivity contribution is -0.142. The standard InChI is InChI=1S/C17H24FNO3/c1-11(2)7-15(17(21)22)19-16(20)9-12(3)8-13-5-4-6-14(18)10-13/h4-6,10-12,15H,7-9H2,1-3H3,(H,19,20)(H,21,22). The van der Waals surface area contributed by atoms with Crippen molar-refractivity contribution in [1.82, 2.24) is 5.32 Å². The normalized spacial score (nSPS) is 13.7. The van der Waals surface area contributed by atoms with Crippen LogP contribution in [-0.4, -0.2) is 23.0 Å². The molecule has 0 radical (unpaired) electrons. The molecule has 0 aliphatic rings. The Labute approximate surface area is 130 Å². The summed E-state index contributed by atoms with van der Waals surface area (Å²) in [4.78, 5) is 23.1. The van der Waals surface area contributed by atoms with E-state index in [1.54, 1.807) is 6.07 Å². The second kappa shape index (κ2) is 8.51. The van der Waals surface area contributed by atoms with Gasteiger partial charge in [0.1, 0.15) is 11.9 Å². The first kappa shape index (κ1) is 18.1. The topological polar surface area (TPSA) is 66.4 Å². The summed E-state index contributed by atoms with van der Waals surface area (Å²) in [5, 5.41) is 11.7. The summed E-state index contributed by atoms with van der Waals surface area (Å²) in [6.07, 6.45) is 1.20. The number of hydrogen-bond donors (Lipinski definition) is 2. The van der Waals surface area contributed by atoms with Gasteiger partial charge in [-0.05, 0) is 42.4 Å². The Morgan fingerprint density at radius 3 is 2.50 bits per heavy atom. The van der Waals surface area contributed by atoms with E-state index in [4.69, 9.17) is 5.11 Å². The Bertz CT molecular complexity index is 516. The lowest BCUT2D eigenvalue weighted by Crippen LogP contribution is -2.42. The molecule has 0 saturated heterocycles. The highest BCUT2D eigenvalue weighted by atomic mass is 19.1. The van der Waals surface area contributed by atoms with Crippen molar-refractivity contribution in [3.05, 3.63) is 35.6 Å². The Kier molecular flexibility index (Phi) is 7.02. The van der Waals surface area contributed by atoms with Crippen molar-refractivity contribution >= 4 is 11.9 Å². The number of aliphatic carboxylic acids is 1. The van der Waals surface area contributed by atoms with E-state index in [9.17, 15) is 14.0 Å². The number of rotatable bonds is 8. The maximum atomic E-state index is 13.1. The molecule has 4 nitrogen and oxygen atoms in total. The minimum Gasteiger partial charge on any atom is -0.480 e. The quantitative estimate of drug-likeness (QED) is 0.776.